The van der Waals surface area contributed by atoms with E-state index in [-0.39, 0.29) is 5.91 Å². The average Bonchev–Trinajstić information content (AvgIpc) is 3.23. The number of alkyl halides is 3. The Bertz CT molecular complexity index is 1200. The van der Waals surface area contributed by atoms with Crippen molar-refractivity contribution in [2.75, 3.05) is 36.4 Å². The van der Waals surface area contributed by atoms with E-state index < -0.39 is 12.1 Å². The van der Waals surface area contributed by atoms with Crippen LogP contribution in [0.25, 0.3) is 10.3 Å². The molecule has 3 N–H and O–H groups in total. The Kier molecular flexibility index (Phi) is 7.41. The summed E-state index contributed by atoms with van der Waals surface area (Å²) in [6.45, 7) is 3.53. The number of anilines is 2. The monoisotopic (exact) mass is 478 g/mol. The van der Waals surface area contributed by atoms with Crippen molar-refractivity contribution in [3.8, 4) is 6.07 Å². The lowest BCUT2D eigenvalue weighted by atomic mass is 10.2. The molecular formula is C20H17F3N6O3S. The number of thiophene rings is 1. The zero-order valence-corrected chi connectivity index (χ0v) is 17.7. The molecule has 2 aromatic heterocycles. The van der Waals surface area contributed by atoms with Crippen LogP contribution >= 0.6 is 11.3 Å². The number of carboxylic acids is 1. The number of carbonyl (C=O) groups is 2. The van der Waals surface area contributed by atoms with E-state index in [9.17, 15) is 23.2 Å². The Morgan fingerprint density at radius 1 is 1.24 bits per heavy atom. The van der Waals surface area contributed by atoms with Crippen molar-refractivity contribution in [1.29, 1.82) is 5.26 Å². The summed E-state index contributed by atoms with van der Waals surface area (Å²) >= 11 is 1.39. The van der Waals surface area contributed by atoms with Gasteiger partial charge in [0, 0.05) is 31.6 Å². The summed E-state index contributed by atoms with van der Waals surface area (Å²) in [6, 6.07) is 9.01. The molecule has 0 aliphatic carbocycles. The number of amides is 1. The number of hydrogen-bond donors (Lipinski definition) is 3. The van der Waals surface area contributed by atoms with Crippen molar-refractivity contribution in [2.24, 2.45) is 0 Å². The molecule has 3 aromatic rings. The molecule has 4 rings (SSSR count). The predicted molar refractivity (Wildman–Crippen MR) is 115 cm³/mol. The number of hydrogen-bond acceptors (Lipinski definition) is 8. The van der Waals surface area contributed by atoms with Crippen LogP contribution < -0.4 is 15.5 Å². The van der Waals surface area contributed by atoms with Crippen LogP contribution in [-0.2, 0) is 4.79 Å². The summed E-state index contributed by atoms with van der Waals surface area (Å²) in [5, 5.41) is 24.2. The second kappa shape index (κ2) is 10.2. The summed E-state index contributed by atoms with van der Waals surface area (Å²) in [4.78, 5) is 33.7. The van der Waals surface area contributed by atoms with Crippen LogP contribution in [0.5, 0.6) is 0 Å². The Morgan fingerprint density at radius 2 is 1.91 bits per heavy atom. The van der Waals surface area contributed by atoms with E-state index in [2.05, 4.69) is 31.6 Å². The van der Waals surface area contributed by atoms with E-state index in [0.29, 0.717) is 22.3 Å². The molecule has 0 spiro atoms. The normalized spacial score (nSPS) is 13.6. The van der Waals surface area contributed by atoms with E-state index in [0.717, 1.165) is 36.8 Å². The van der Waals surface area contributed by atoms with Crippen molar-refractivity contribution < 1.29 is 27.9 Å². The lowest BCUT2D eigenvalue weighted by Crippen LogP contribution is -2.43. The number of nitriles is 1. The molecule has 1 saturated heterocycles. The number of fused-ring (bicyclic) bond motifs is 1. The van der Waals surface area contributed by atoms with Gasteiger partial charge in [0.1, 0.15) is 22.2 Å². The molecule has 1 fully saturated rings. The van der Waals surface area contributed by atoms with Gasteiger partial charge < -0.3 is 20.6 Å². The number of halogens is 3. The highest BCUT2D eigenvalue weighted by Gasteiger charge is 2.38. The molecule has 1 aliphatic heterocycles. The maximum Gasteiger partial charge on any atom is 0.490 e. The number of para-hydroxylation sites is 1. The van der Waals surface area contributed by atoms with Gasteiger partial charge in [-0.15, -0.1) is 11.3 Å². The zero-order chi connectivity index (χ0) is 24.0. The Balaban J connectivity index is 0.000000383. The summed E-state index contributed by atoms with van der Waals surface area (Å²) in [5.74, 6) is -2.26. The van der Waals surface area contributed by atoms with E-state index in [1.165, 1.54) is 11.3 Å². The maximum atomic E-state index is 12.7. The van der Waals surface area contributed by atoms with Crippen molar-refractivity contribution in [1.82, 2.24) is 15.3 Å². The minimum atomic E-state index is -5.08. The lowest BCUT2D eigenvalue weighted by molar-refractivity contribution is -0.192. The molecule has 13 heteroatoms. The Labute approximate surface area is 189 Å². The van der Waals surface area contributed by atoms with Gasteiger partial charge in [-0.05, 0) is 12.1 Å². The summed E-state index contributed by atoms with van der Waals surface area (Å²) in [7, 11) is 0. The number of aromatic nitrogens is 2. The lowest BCUT2D eigenvalue weighted by Gasteiger charge is -2.28. The van der Waals surface area contributed by atoms with Crippen LogP contribution in [0.15, 0.2) is 35.8 Å². The van der Waals surface area contributed by atoms with E-state index in [1.54, 1.807) is 35.8 Å². The molecule has 3 heterocycles. The van der Waals surface area contributed by atoms with Gasteiger partial charge in [-0.1, -0.05) is 12.1 Å². The van der Waals surface area contributed by atoms with Gasteiger partial charge in [0.2, 0.25) is 0 Å². The highest BCUT2D eigenvalue weighted by molar-refractivity contribution is 7.17. The molecule has 0 radical (unpaired) electrons. The quantitative estimate of drug-likeness (QED) is 0.524. The summed E-state index contributed by atoms with van der Waals surface area (Å²) in [5.41, 5.74) is 1.98. The van der Waals surface area contributed by atoms with Gasteiger partial charge in [0.25, 0.3) is 5.91 Å². The van der Waals surface area contributed by atoms with Crippen LogP contribution in [-0.4, -0.2) is 59.3 Å². The van der Waals surface area contributed by atoms with Gasteiger partial charge in [0.05, 0.1) is 23.0 Å². The first-order valence-electron chi connectivity index (χ1n) is 9.51. The standard InChI is InChI=1S/C18H16N6OS.C2HF3O2/c19-9-12-3-1-2-4-14(12)22-17(25)13-11-26-18-16(13)23-15(10-21-18)24-7-5-20-6-8-24;3-2(4,5)1(6)7/h1-4,10-11,20H,5-8H2,(H,22,25);(H,6,7). The molecule has 1 aromatic carbocycles. The van der Waals surface area contributed by atoms with Crippen LogP contribution in [0, 0.1) is 11.3 Å². The zero-order valence-electron chi connectivity index (χ0n) is 16.9. The topological polar surface area (TPSA) is 131 Å². The summed E-state index contributed by atoms with van der Waals surface area (Å²) in [6.07, 6.45) is -3.32. The van der Waals surface area contributed by atoms with Crippen molar-refractivity contribution in [2.45, 2.75) is 6.18 Å². The second-order valence-corrected chi connectivity index (χ2v) is 7.54. The third-order valence-corrected chi connectivity index (χ3v) is 5.37. The number of nitrogens with zero attached hydrogens (tertiary/aromatic N) is 4. The van der Waals surface area contributed by atoms with Gasteiger partial charge in [-0.2, -0.15) is 18.4 Å². The summed E-state index contributed by atoms with van der Waals surface area (Å²) < 4.78 is 31.7. The fourth-order valence-corrected chi connectivity index (χ4v) is 3.72. The van der Waals surface area contributed by atoms with E-state index in [1.807, 2.05) is 0 Å². The number of aliphatic carboxylic acids is 1. The number of carboxylic acid groups (broad SMARTS) is 1. The predicted octanol–water partition coefficient (Wildman–Crippen LogP) is 2.86. The van der Waals surface area contributed by atoms with E-state index in [4.69, 9.17) is 9.90 Å². The van der Waals surface area contributed by atoms with Gasteiger partial charge >= 0.3 is 12.1 Å². The smallest absolute Gasteiger partial charge is 0.475 e. The molecule has 172 valence electrons. The van der Waals surface area contributed by atoms with Crippen LogP contribution in [0.3, 0.4) is 0 Å². The third kappa shape index (κ3) is 5.93. The van der Waals surface area contributed by atoms with Crippen molar-refractivity contribution >= 4 is 45.1 Å². The number of nitrogens with one attached hydrogen (secondary N) is 2. The maximum absolute atomic E-state index is 12.7. The molecule has 9 nitrogen and oxygen atoms in total. The minimum Gasteiger partial charge on any atom is -0.475 e. The molecular weight excluding hydrogens is 461 g/mol. The molecule has 33 heavy (non-hydrogen) atoms. The minimum absolute atomic E-state index is 0.286. The SMILES string of the molecule is N#Cc1ccccc1NC(=O)c1csc2ncc(N3CCNCC3)nc12.O=C(O)C(F)(F)F. The highest BCUT2D eigenvalue weighted by atomic mass is 32.1. The first-order chi connectivity index (χ1) is 15.7. The molecule has 1 amide bonds. The second-order valence-electron chi connectivity index (χ2n) is 6.68. The van der Waals surface area contributed by atoms with Crippen LogP contribution in [0.1, 0.15) is 15.9 Å². The third-order valence-electron chi connectivity index (χ3n) is 4.49. The first kappa shape index (κ1) is 23.9. The average molecular weight is 478 g/mol. The molecule has 1 aliphatic rings. The molecule has 0 unspecified atom stereocenters. The molecule has 0 atom stereocenters. The largest absolute Gasteiger partial charge is 0.490 e. The van der Waals surface area contributed by atoms with Crippen molar-refractivity contribution in [3.63, 3.8) is 0 Å². The van der Waals surface area contributed by atoms with Gasteiger partial charge in [0.15, 0.2) is 0 Å². The first-order valence-corrected chi connectivity index (χ1v) is 10.4. The van der Waals surface area contributed by atoms with E-state index >= 15 is 0 Å². The van der Waals surface area contributed by atoms with Crippen LogP contribution in [0.4, 0.5) is 24.7 Å². The molecule has 0 saturated carbocycles. The Hall–Kier alpha value is -3.76. The van der Waals surface area contributed by atoms with Gasteiger partial charge in [-0.25, -0.2) is 14.8 Å². The molecule has 0 bridgehead atoms. The number of benzene rings is 1. The highest BCUT2D eigenvalue weighted by Crippen LogP contribution is 2.26. The number of piperazine rings is 1. The van der Waals surface area contributed by atoms with Crippen molar-refractivity contribution in [3.05, 3.63) is 47.0 Å². The number of carbonyl (C=O) groups excluding carboxylic acids is 1. The fraction of sp³-hybridized carbons (Fsp3) is 0.250. The van der Waals surface area contributed by atoms with Gasteiger partial charge in [-0.3, -0.25) is 4.79 Å². The fourth-order valence-electron chi connectivity index (χ4n) is 2.89. The Morgan fingerprint density at radius 3 is 2.55 bits per heavy atom. The number of rotatable bonds is 3. The van der Waals surface area contributed by atoms with Crippen LogP contribution in [0.2, 0.25) is 0 Å².